The topological polar surface area (TPSA) is 74.0 Å². The van der Waals surface area contributed by atoms with Gasteiger partial charge in [-0.3, -0.25) is 9.78 Å². The molecule has 2 aromatic carbocycles. The fraction of sp³-hybridized carbons (Fsp3) is 0. The lowest BCUT2D eigenvalue weighted by atomic mass is 9.93. The largest absolute Gasteiger partial charge is 0.507 e. The molecule has 1 heterocycles. The number of rotatable bonds is 0. The van der Waals surface area contributed by atoms with Crippen molar-refractivity contribution in [3.05, 3.63) is 94.2 Å². The maximum atomic E-state index is 14.5. The number of phenolic OH excluding ortho intramolecular Hbond substituents is 1. The van der Waals surface area contributed by atoms with Gasteiger partial charge in [-0.15, -0.1) is 0 Å². The third-order valence-corrected chi connectivity index (χ3v) is 5.19. The summed E-state index contributed by atoms with van der Waals surface area (Å²) in [6, 6.07) is 12.4. The van der Waals surface area contributed by atoms with Gasteiger partial charge in [0.1, 0.15) is 5.75 Å². The maximum Gasteiger partial charge on any atom is 0.198 e. The average Bonchev–Trinajstić information content (AvgIpc) is 3.18. The van der Waals surface area contributed by atoms with Crippen molar-refractivity contribution < 1.29 is 18.7 Å². The van der Waals surface area contributed by atoms with Gasteiger partial charge in [0.2, 0.25) is 0 Å². The maximum absolute atomic E-state index is 14.5. The number of fused-ring (bicyclic) bond motifs is 4. The zero-order chi connectivity index (χ0) is 20.3. The van der Waals surface area contributed by atoms with E-state index >= 15 is 0 Å². The lowest BCUT2D eigenvalue weighted by molar-refractivity contribution is 0.103. The number of nitriles is 1. The van der Waals surface area contributed by atoms with Crippen LogP contribution in [0.25, 0.3) is 22.4 Å². The summed E-state index contributed by atoms with van der Waals surface area (Å²) in [5.41, 5.74) is 2.56. The smallest absolute Gasteiger partial charge is 0.198 e. The molecule has 29 heavy (non-hydrogen) atoms. The van der Waals surface area contributed by atoms with Crippen molar-refractivity contribution in [3.8, 4) is 23.1 Å². The van der Waals surface area contributed by atoms with E-state index in [1.807, 2.05) is 6.07 Å². The average molecular weight is 384 g/mol. The highest BCUT2D eigenvalue weighted by molar-refractivity contribution is 6.32. The zero-order valence-corrected chi connectivity index (χ0v) is 14.7. The van der Waals surface area contributed by atoms with Crippen LogP contribution in [0.2, 0.25) is 0 Å². The Morgan fingerprint density at radius 1 is 0.966 bits per heavy atom. The summed E-state index contributed by atoms with van der Waals surface area (Å²) in [4.78, 5) is 17.6. The molecule has 2 aliphatic rings. The molecule has 5 rings (SSSR count). The van der Waals surface area contributed by atoms with Crippen molar-refractivity contribution in [1.82, 2.24) is 4.98 Å². The molecule has 138 valence electrons. The second-order valence-electron chi connectivity index (χ2n) is 6.65. The normalized spacial score (nSPS) is 17.8. The van der Waals surface area contributed by atoms with Crippen LogP contribution in [0.5, 0.6) is 5.75 Å². The number of hydrogen-bond acceptors (Lipinski definition) is 4. The molecule has 0 spiro atoms. The van der Waals surface area contributed by atoms with E-state index in [-0.39, 0.29) is 22.5 Å². The first kappa shape index (κ1) is 17.0. The minimum absolute atomic E-state index is 0.0101. The van der Waals surface area contributed by atoms with Gasteiger partial charge in [-0.05, 0) is 29.3 Å². The summed E-state index contributed by atoms with van der Waals surface area (Å²) in [5.74, 6) is -3.10. The van der Waals surface area contributed by atoms with Gasteiger partial charge in [-0.2, -0.15) is 5.26 Å². The fourth-order valence-corrected chi connectivity index (χ4v) is 4.06. The highest BCUT2D eigenvalue weighted by Crippen LogP contribution is 2.52. The van der Waals surface area contributed by atoms with E-state index in [9.17, 15) is 23.9 Å². The lowest BCUT2D eigenvalue weighted by Crippen LogP contribution is -2.03. The summed E-state index contributed by atoms with van der Waals surface area (Å²) < 4.78 is 28.3. The summed E-state index contributed by atoms with van der Waals surface area (Å²) >= 11 is 0. The van der Waals surface area contributed by atoms with Crippen LogP contribution < -0.4 is 0 Å². The van der Waals surface area contributed by atoms with Crippen LogP contribution in [0, 0.1) is 23.0 Å². The van der Waals surface area contributed by atoms with Crippen LogP contribution in [0.1, 0.15) is 27.0 Å². The molecule has 2 aliphatic carbocycles. The molecule has 0 saturated heterocycles. The molecular weight excluding hydrogens is 374 g/mol. The highest BCUT2D eigenvalue weighted by atomic mass is 19.2. The summed E-state index contributed by atoms with van der Waals surface area (Å²) in [6.07, 6.45) is 2.72. The van der Waals surface area contributed by atoms with E-state index in [1.165, 1.54) is 12.1 Å². The molecule has 0 fully saturated rings. The number of aromatic nitrogens is 1. The number of phenols is 1. The first-order valence-corrected chi connectivity index (χ1v) is 8.70. The van der Waals surface area contributed by atoms with Crippen LogP contribution in [-0.2, 0) is 0 Å². The number of benzene rings is 2. The molecular formula is C23H10F2N2O2. The number of carbonyl (C=O) groups excluding carboxylic acids is 1. The molecule has 1 N–H and O–H groups in total. The number of nitrogens with zero attached hydrogens (tertiary/aromatic N) is 2. The Labute approximate surface area is 163 Å². The van der Waals surface area contributed by atoms with Crippen LogP contribution in [0.3, 0.4) is 0 Å². The van der Waals surface area contributed by atoms with Gasteiger partial charge in [0, 0.05) is 34.6 Å². The van der Waals surface area contributed by atoms with Crippen LogP contribution >= 0.6 is 0 Å². The third-order valence-electron chi connectivity index (χ3n) is 5.19. The predicted molar refractivity (Wildman–Crippen MR) is 102 cm³/mol. The standard InChI is InChI=1S/C23H10F2N2O2/c24-15-7-6-11-12(8-9-26)19(23(29)20(11)21(15)25)17-13-3-1-5-16(28)18(13)22-14(17)4-2-10-27-22/h1-8,10,28H/b12-8?,19-17-. The van der Waals surface area contributed by atoms with Crippen molar-refractivity contribution in [2.24, 2.45) is 0 Å². The summed E-state index contributed by atoms with van der Waals surface area (Å²) in [5, 5.41) is 19.7. The number of hydrogen-bond donors (Lipinski definition) is 1. The van der Waals surface area contributed by atoms with Gasteiger partial charge < -0.3 is 5.11 Å². The first-order valence-electron chi connectivity index (χ1n) is 8.70. The SMILES string of the molecule is N#CC=C1/C(=C2/c3cccnc3-c3c(O)cccc32)C(=O)c2c1ccc(F)c2F. The van der Waals surface area contributed by atoms with Gasteiger partial charge >= 0.3 is 0 Å². The number of halogens is 2. The van der Waals surface area contributed by atoms with Crippen molar-refractivity contribution in [3.63, 3.8) is 0 Å². The second-order valence-corrected chi connectivity index (χ2v) is 6.65. The molecule has 0 saturated carbocycles. The molecule has 0 aliphatic heterocycles. The summed E-state index contributed by atoms with van der Waals surface area (Å²) in [7, 11) is 0. The van der Waals surface area contributed by atoms with E-state index in [0.29, 0.717) is 28.0 Å². The van der Waals surface area contributed by atoms with Crippen molar-refractivity contribution in [1.29, 1.82) is 5.26 Å². The quantitative estimate of drug-likeness (QED) is 0.354. The Hall–Kier alpha value is -4.11. The van der Waals surface area contributed by atoms with E-state index in [2.05, 4.69) is 4.98 Å². The Bertz CT molecular complexity index is 1360. The predicted octanol–water partition coefficient (Wildman–Crippen LogP) is 4.65. The number of Topliss-reactive ketones (excluding diaryl/α,β-unsaturated/α-hetero) is 1. The van der Waals surface area contributed by atoms with Crippen molar-refractivity contribution >= 4 is 16.9 Å². The van der Waals surface area contributed by atoms with Crippen LogP contribution in [0.4, 0.5) is 8.78 Å². The second kappa shape index (κ2) is 5.94. The summed E-state index contributed by atoms with van der Waals surface area (Å²) in [6.45, 7) is 0. The van der Waals surface area contributed by atoms with E-state index in [1.54, 1.807) is 30.5 Å². The van der Waals surface area contributed by atoms with Gasteiger partial charge in [0.15, 0.2) is 17.4 Å². The Balaban J connectivity index is 1.94. The molecule has 6 heteroatoms. The van der Waals surface area contributed by atoms with E-state index in [4.69, 9.17) is 0 Å². The fourth-order valence-electron chi connectivity index (χ4n) is 4.06. The molecule has 3 aromatic rings. The molecule has 0 radical (unpaired) electrons. The van der Waals surface area contributed by atoms with Gasteiger partial charge in [0.25, 0.3) is 0 Å². The molecule has 0 unspecified atom stereocenters. The highest BCUT2D eigenvalue weighted by Gasteiger charge is 2.40. The number of carbonyl (C=O) groups is 1. The zero-order valence-electron chi connectivity index (χ0n) is 14.7. The van der Waals surface area contributed by atoms with E-state index in [0.717, 1.165) is 12.1 Å². The number of allylic oxidation sites excluding steroid dienone is 3. The van der Waals surface area contributed by atoms with Gasteiger partial charge in [-0.25, -0.2) is 8.78 Å². The van der Waals surface area contributed by atoms with Gasteiger partial charge in [0.05, 0.1) is 22.9 Å². The number of ketones is 1. The first-order chi connectivity index (χ1) is 14.0. The van der Waals surface area contributed by atoms with Crippen LogP contribution in [0.15, 0.2) is 60.3 Å². The minimum Gasteiger partial charge on any atom is -0.507 e. The molecule has 4 nitrogen and oxygen atoms in total. The lowest BCUT2D eigenvalue weighted by Gasteiger charge is -2.08. The molecule has 0 amide bonds. The van der Waals surface area contributed by atoms with E-state index < -0.39 is 23.0 Å². The Morgan fingerprint density at radius 3 is 2.55 bits per heavy atom. The van der Waals surface area contributed by atoms with Crippen molar-refractivity contribution in [2.45, 2.75) is 0 Å². The number of aromatic hydroxyl groups is 1. The molecule has 1 aromatic heterocycles. The van der Waals surface area contributed by atoms with Crippen LogP contribution in [-0.4, -0.2) is 15.9 Å². The molecule has 0 bridgehead atoms. The monoisotopic (exact) mass is 384 g/mol. The Kier molecular flexibility index (Phi) is 3.49. The third kappa shape index (κ3) is 2.15. The number of pyridine rings is 1. The van der Waals surface area contributed by atoms with Crippen molar-refractivity contribution in [2.75, 3.05) is 0 Å². The Morgan fingerprint density at radius 2 is 1.76 bits per heavy atom. The molecule has 0 atom stereocenters. The van der Waals surface area contributed by atoms with Gasteiger partial charge in [-0.1, -0.05) is 24.3 Å². The minimum atomic E-state index is -1.24.